The van der Waals surface area contributed by atoms with E-state index in [1.54, 1.807) is 11.9 Å². The molecule has 1 fully saturated rings. The van der Waals surface area contributed by atoms with E-state index in [0.717, 1.165) is 17.2 Å². The summed E-state index contributed by atoms with van der Waals surface area (Å²) >= 11 is 6.40. The highest BCUT2D eigenvalue weighted by Crippen LogP contribution is 2.08. The Labute approximate surface area is 46.6 Å². The standard InChI is InChI=1S/C3H5NS2/c5-3-1-2-4-6-3/h4H,1-2H2. The van der Waals surface area contributed by atoms with E-state index in [0.29, 0.717) is 0 Å². The van der Waals surface area contributed by atoms with Gasteiger partial charge in [-0.3, -0.25) is 4.72 Å². The summed E-state index contributed by atoms with van der Waals surface area (Å²) in [6.45, 7) is 1.06. The average molecular weight is 119 g/mol. The van der Waals surface area contributed by atoms with Crippen molar-refractivity contribution in [3.63, 3.8) is 0 Å². The fraction of sp³-hybridized carbons (Fsp3) is 0.667. The van der Waals surface area contributed by atoms with Gasteiger partial charge in [-0.1, -0.05) is 12.2 Å². The predicted octanol–water partition coefficient (Wildman–Crippen LogP) is 0.955. The lowest BCUT2D eigenvalue weighted by atomic mass is 10.5. The second-order valence-electron chi connectivity index (χ2n) is 1.12. The number of hydrogen-bond acceptors (Lipinski definition) is 3. The molecule has 1 rings (SSSR count). The number of thiocarbonyl (C=S) groups is 1. The molecule has 0 aromatic carbocycles. The van der Waals surface area contributed by atoms with Gasteiger partial charge in [-0.15, -0.1) is 0 Å². The van der Waals surface area contributed by atoms with Gasteiger partial charge in [-0.25, -0.2) is 0 Å². The van der Waals surface area contributed by atoms with Crippen molar-refractivity contribution in [1.29, 1.82) is 0 Å². The van der Waals surface area contributed by atoms with Gasteiger partial charge in [0.2, 0.25) is 0 Å². The molecule has 0 aliphatic carbocycles. The van der Waals surface area contributed by atoms with Crippen LogP contribution in [-0.4, -0.2) is 10.7 Å². The van der Waals surface area contributed by atoms with Crippen molar-refractivity contribution in [3.8, 4) is 0 Å². The van der Waals surface area contributed by atoms with Crippen LogP contribution >= 0.6 is 24.2 Å². The van der Waals surface area contributed by atoms with Crippen molar-refractivity contribution in [2.75, 3.05) is 6.54 Å². The summed E-state index contributed by atoms with van der Waals surface area (Å²) in [5.41, 5.74) is 0. The summed E-state index contributed by atoms with van der Waals surface area (Å²) in [4.78, 5) is 0. The van der Waals surface area contributed by atoms with Crippen molar-refractivity contribution in [2.24, 2.45) is 0 Å². The van der Waals surface area contributed by atoms with Gasteiger partial charge in [-0.05, 0) is 11.9 Å². The Hall–Kier alpha value is 0.400. The van der Waals surface area contributed by atoms with Crippen LogP contribution in [0.3, 0.4) is 0 Å². The molecule has 34 valence electrons. The van der Waals surface area contributed by atoms with Crippen LogP contribution in [0, 0.1) is 0 Å². The van der Waals surface area contributed by atoms with Crippen LogP contribution in [0.1, 0.15) is 6.42 Å². The first-order chi connectivity index (χ1) is 2.89. The van der Waals surface area contributed by atoms with Crippen molar-refractivity contribution >= 4 is 28.4 Å². The molecule has 1 nitrogen and oxygen atoms in total. The summed E-state index contributed by atoms with van der Waals surface area (Å²) < 4.78 is 4.14. The number of nitrogens with one attached hydrogen (secondary N) is 1. The molecule has 6 heavy (non-hydrogen) atoms. The van der Waals surface area contributed by atoms with E-state index in [1.807, 2.05) is 0 Å². The molecular weight excluding hydrogens is 114 g/mol. The molecule has 0 bridgehead atoms. The van der Waals surface area contributed by atoms with E-state index in [-0.39, 0.29) is 0 Å². The van der Waals surface area contributed by atoms with Gasteiger partial charge < -0.3 is 0 Å². The Morgan fingerprint density at radius 3 is 2.83 bits per heavy atom. The van der Waals surface area contributed by atoms with Crippen molar-refractivity contribution in [3.05, 3.63) is 0 Å². The highest BCUT2D eigenvalue weighted by molar-refractivity contribution is 8.22. The van der Waals surface area contributed by atoms with Gasteiger partial charge in [-0.2, -0.15) is 0 Å². The fourth-order valence-electron chi connectivity index (χ4n) is 0.336. The smallest absolute Gasteiger partial charge is 0.0645 e. The Kier molecular flexibility index (Phi) is 1.45. The molecule has 0 unspecified atom stereocenters. The van der Waals surface area contributed by atoms with Crippen LogP contribution in [0.2, 0.25) is 0 Å². The first-order valence-corrected chi connectivity index (χ1v) is 3.04. The third-order valence-corrected chi connectivity index (χ3v) is 1.85. The average Bonchev–Trinajstić information content (AvgIpc) is 1.86. The maximum absolute atomic E-state index is 4.82. The zero-order chi connectivity index (χ0) is 4.41. The summed E-state index contributed by atoms with van der Waals surface area (Å²) in [5, 5.41) is 0. The van der Waals surface area contributed by atoms with Crippen LogP contribution in [-0.2, 0) is 0 Å². The maximum Gasteiger partial charge on any atom is 0.0645 e. The van der Waals surface area contributed by atoms with Crippen molar-refractivity contribution in [2.45, 2.75) is 6.42 Å². The lowest BCUT2D eigenvalue weighted by Crippen LogP contribution is -1.91. The third-order valence-electron chi connectivity index (χ3n) is 0.617. The molecule has 1 aliphatic heterocycles. The van der Waals surface area contributed by atoms with E-state index in [9.17, 15) is 0 Å². The van der Waals surface area contributed by atoms with Crippen LogP contribution in [0.4, 0.5) is 0 Å². The van der Waals surface area contributed by atoms with E-state index in [1.165, 1.54) is 0 Å². The molecule has 1 heterocycles. The second-order valence-corrected chi connectivity index (χ2v) is 2.86. The third kappa shape index (κ3) is 0.929. The number of hydrogen-bond donors (Lipinski definition) is 1. The molecular formula is C3H5NS2. The summed E-state index contributed by atoms with van der Waals surface area (Å²) in [7, 11) is 0. The molecule has 0 amide bonds. The topological polar surface area (TPSA) is 12.0 Å². The molecule has 0 aromatic heterocycles. The van der Waals surface area contributed by atoms with Gasteiger partial charge in [0.15, 0.2) is 0 Å². The molecule has 0 atom stereocenters. The first-order valence-electron chi connectivity index (χ1n) is 1.82. The fourth-order valence-corrected chi connectivity index (χ4v) is 1.18. The molecule has 0 saturated carbocycles. The first kappa shape index (κ1) is 4.56. The monoisotopic (exact) mass is 119 g/mol. The Morgan fingerprint density at radius 2 is 2.67 bits per heavy atom. The molecule has 0 radical (unpaired) electrons. The van der Waals surface area contributed by atoms with Crippen LogP contribution in [0.25, 0.3) is 0 Å². The molecule has 1 aliphatic rings. The van der Waals surface area contributed by atoms with E-state index in [2.05, 4.69) is 4.72 Å². The Balaban J connectivity index is 2.37. The van der Waals surface area contributed by atoms with Gasteiger partial charge in [0.05, 0.1) is 4.20 Å². The molecule has 3 heteroatoms. The van der Waals surface area contributed by atoms with Crippen LogP contribution in [0.15, 0.2) is 0 Å². The van der Waals surface area contributed by atoms with Gasteiger partial charge in [0.25, 0.3) is 0 Å². The Morgan fingerprint density at radius 1 is 1.83 bits per heavy atom. The molecule has 0 aromatic rings. The molecule has 0 spiro atoms. The van der Waals surface area contributed by atoms with E-state index >= 15 is 0 Å². The van der Waals surface area contributed by atoms with E-state index in [4.69, 9.17) is 12.2 Å². The summed E-state index contributed by atoms with van der Waals surface area (Å²) in [6, 6.07) is 0. The number of rotatable bonds is 0. The lowest BCUT2D eigenvalue weighted by Gasteiger charge is -1.76. The zero-order valence-electron chi connectivity index (χ0n) is 3.23. The molecule has 1 saturated heterocycles. The molecule has 1 N–H and O–H groups in total. The lowest BCUT2D eigenvalue weighted by molar-refractivity contribution is 1.01. The van der Waals surface area contributed by atoms with Crippen LogP contribution < -0.4 is 4.72 Å². The van der Waals surface area contributed by atoms with Gasteiger partial charge in [0, 0.05) is 13.0 Å². The highest BCUT2D eigenvalue weighted by Gasteiger charge is 2.03. The largest absolute Gasteiger partial charge is 0.259 e. The highest BCUT2D eigenvalue weighted by atomic mass is 32.2. The summed E-state index contributed by atoms with van der Waals surface area (Å²) in [5.74, 6) is 0. The SMILES string of the molecule is S=C1CCNS1. The quantitative estimate of drug-likeness (QED) is 0.377. The van der Waals surface area contributed by atoms with Crippen molar-refractivity contribution < 1.29 is 0 Å². The van der Waals surface area contributed by atoms with Crippen LogP contribution in [0.5, 0.6) is 0 Å². The maximum atomic E-state index is 4.82. The van der Waals surface area contributed by atoms with E-state index < -0.39 is 0 Å². The van der Waals surface area contributed by atoms with Gasteiger partial charge >= 0.3 is 0 Å². The van der Waals surface area contributed by atoms with Crippen molar-refractivity contribution in [1.82, 2.24) is 4.72 Å². The zero-order valence-corrected chi connectivity index (χ0v) is 4.86. The second kappa shape index (κ2) is 1.91. The Bertz CT molecular complexity index is 63.2. The van der Waals surface area contributed by atoms with Gasteiger partial charge in [0.1, 0.15) is 0 Å². The summed E-state index contributed by atoms with van der Waals surface area (Å²) in [6.07, 6.45) is 1.07. The minimum atomic E-state index is 1.06. The minimum absolute atomic E-state index is 1.06. The minimum Gasteiger partial charge on any atom is -0.259 e. The normalized spacial score (nSPS) is 22.3. The predicted molar refractivity (Wildman–Crippen MR) is 32.8 cm³/mol.